The molecule has 1 aliphatic rings. The molecule has 0 aromatic carbocycles. The van der Waals surface area contributed by atoms with Crippen molar-refractivity contribution in [1.29, 1.82) is 0 Å². The largest absolute Gasteiger partial charge is 0.356 e. The second-order valence-electron chi connectivity index (χ2n) is 7.03. The molecule has 1 saturated heterocycles. The van der Waals surface area contributed by atoms with Gasteiger partial charge >= 0.3 is 6.03 Å². The van der Waals surface area contributed by atoms with Gasteiger partial charge in [0.05, 0.1) is 12.2 Å². The second kappa shape index (κ2) is 9.44. The Hall–Kier alpha value is -2.05. The summed E-state index contributed by atoms with van der Waals surface area (Å²) >= 11 is 0. The van der Waals surface area contributed by atoms with E-state index >= 15 is 0 Å². The van der Waals surface area contributed by atoms with Gasteiger partial charge in [-0.25, -0.2) is 9.78 Å². The number of imidazole rings is 1. The third kappa shape index (κ3) is 5.76. The number of hydrogen-bond donors (Lipinski definition) is 2. The van der Waals surface area contributed by atoms with E-state index in [2.05, 4.69) is 22.5 Å². The van der Waals surface area contributed by atoms with Crippen LogP contribution in [0.2, 0.25) is 0 Å². The lowest BCUT2D eigenvalue weighted by atomic mass is 9.93. The van der Waals surface area contributed by atoms with Crippen LogP contribution in [-0.2, 0) is 11.3 Å². The highest BCUT2D eigenvalue weighted by Crippen LogP contribution is 2.22. The van der Waals surface area contributed by atoms with Crippen LogP contribution in [0.5, 0.6) is 0 Å². The van der Waals surface area contributed by atoms with Crippen LogP contribution in [0.25, 0.3) is 0 Å². The number of unbranched alkanes of at least 4 members (excludes halogenated alkanes) is 1. The first-order chi connectivity index (χ1) is 12.0. The number of carbonyl (C=O) groups is 2. The number of nitrogens with one attached hydrogen (secondary N) is 2. The monoisotopic (exact) mass is 349 g/mol. The Balaban J connectivity index is 1.85. The van der Waals surface area contributed by atoms with Gasteiger partial charge in [-0.05, 0) is 33.1 Å². The molecule has 7 heteroatoms. The lowest BCUT2D eigenvalue weighted by molar-refractivity contribution is -0.126. The van der Waals surface area contributed by atoms with Crippen LogP contribution in [0, 0.1) is 5.92 Å². The van der Waals surface area contributed by atoms with Crippen LogP contribution in [-0.4, -0.2) is 51.6 Å². The molecule has 0 saturated carbocycles. The Morgan fingerprint density at radius 3 is 2.84 bits per heavy atom. The van der Waals surface area contributed by atoms with Crippen molar-refractivity contribution in [1.82, 2.24) is 25.1 Å². The fourth-order valence-electron chi connectivity index (χ4n) is 3.19. The van der Waals surface area contributed by atoms with E-state index in [-0.39, 0.29) is 29.9 Å². The maximum Gasteiger partial charge on any atom is 0.317 e. The quantitative estimate of drug-likeness (QED) is 0.739. The minimum atomic E-state index is -0.109. The van der Waals surface area contributed by atoms with Gasteiger partial charge in [0, 0.05) is 44.1 Å². The first-order valence-electron chi connectivity index (χ1n) is 9.31. The Labute approximate surface area is 150 Å². The van der Waals surface area contributed by atoms with Crippen molar-refractivity contribution in [3.63, 3.8) is 0 Å². The second-order valence-corrected chi connectivity index (χ2v) is 7.03. The Kier molecular flexibility index (Phi) is 7.28. The number of aromatic nitrogens is 2. The van der Waals surface area contributed by atoms with E-state index in [1.165, 1.54) is 0 Å². The Morgan fingerprint density at radius 1 is 1.36 bits per heavy atom. The fraction of sp³-hybridized carbons (Fsp3) is 0.722. The molecule has 1 fully saturated rings. The zero-order valence-electron chi connectivity index (χ0n) is 15.6. The molecular formula is C18H31N5O2. The van der Waals surface area contributed by atoms with Crippen LogP contribution in [0.15, 0.2) is 18.7 Å². The number of rotatable bonds is 7. The van der Waals surface area contributed by atoms with Gasteiger partial charge in [-0.3, -0.25) is 4.79 Å². The molecule has 1 aromatic heterocycles. The molecule has 1 aromatic rings. The Bertz CT molecular complexity index is 546. The highest BCUT2D eigenvalue weighted by Gasteiger charge is 2.32. The summed E-state index contributed by atoms with van der Waals surface area (Å²) in [5.74, 6) is -0.0348. The molecule has 3 amide bonds. The standard InChI is InChI=1S/C18H31N5O2/c1-4-5-8-20-17(24)16-7-6-15(3)23(12-16)18(25)21-14(2)11-22-10-9-19-13-22/h9-10,13-16H,4-8,11-12H2,1-3H3,(H,20,24)(H,21,25)/t14-,15-,16-/m1/s1. The number of amides is 3. The zero-order chi connectivity index (χ0) is 18.2. The predicted octanol–water partition coefficient (Wildman–Crippen LogP) is 2.00. The average molecular weight is 349 g/mol. The number of urea groups is 1. The van der Waals surface area contributed by atoms with Crippen LogP contribution < -0.4 is 10.6 Å². The fourth-order valence-corrected chi connectivity index (χ4v) is 3.19. The molecule has 0 spiro atoms. The lowest BCUT2D eigenvalue weighted by Gasteiger charge is -2.38. The summed E-state index contributed by atoms with van der Waals surface area (Å²) in [7, 11) is 0. The summed E-state index contributed by atoms with van der Waals surface area (Å²) in [5, 5.41) is 6.03. The third-order valence-corrected chi connectivity index (χ3v) is 4.76. The van der Waals surface area contributed by atoms with Crippen molar-refractivity contribution in [2.45, 2.75) is 65.1 Å². The number of piperidine rings is 1. The summed E-state index contributed by atoms with van der Waals surface area (Å²) in [6.45, 7) is 8.01. The molecule has 2 N–H and O–H groups in total. The average Bonchev–Trinajstić information content (AvgIpc) is 3.08. The van der Waals surface area contributed by atoms with Gasteiger partial charge in [-0.2, -0.15) is 0 Å². The van der Waals surface area contributed by atoms with Gasteiger partial charge in [-0.15, -0.1) is 0 Å². The lowest BCUT2D eigenvalue weighted by Crippen LogP contribution is -2.54. The predicted molar refractivity (Wildman–Crippen MR) is 97.0 cm³/mol. The molecule has 1 aliphatic heterocycles. The molecule has 3 atom stereocenters. The van der Waals surface area contributed by atoms with E-state index in [0.29, 0.717) is 13.1 Å². The van der Waals surface area contributed by atoms with Gasteiger partial charge in [0.2, 0.25) is 5.91 Å². The topological polar surface area (TPSA) is 79.3 Å². The van der Waals surface area contributed by atoms with Crippen molar-refractivity contribution < 1.29 is 9.59 Å². The number of carbonyl (C=O) groups excluding carboxylic acids is 2. The van der Waals surface area contributed by atoms with Gasteiger partial charge in [0.25, 0.3) is 0 Å². The van der Waals surface area contributed by atoms with Crippen molar-refractivity contribution in [2.24, 2.45) is 5.92 Å². The van der Waals surface area contributed by atoms with E-state index in [1.807, 2.05) is 24.6 Å². The van der Waals surface area contributed by atoms with Crippen molar-refractivity contribution >= 4 is 11.9 Å². The molecule has 0 bridgehead atoms. The van der Waals surface area contributed by atoms with Gasteiger partial charge in [-0.1, -0.05) is 13.3 Å². The van der Waals surface area contributed by atoms with Crippen molar-refractivity contribution in [2.75, 3.05) is 13.1 Å². The first-order valence-corrected chi connectivity index (χ1v) is 9.31. The van der Waals surface area contributed by atoms with Crippen molar-refractivity contribution in [3.05, 3.63) is 18.7 Å². The summed E-state index contributed by atoms with van der Waals surface area (Å²) in [6.07, 6.45) is 9.09. The summed E-state index contributed by atoms with van der Waals surface area (Å²) < 4.78 is 1.94. The normalized spacial score (nSPS) is 21.6. The van der Waals surface area contributed by atoms with E-state index in [4.69, 9.17) is 0 Å². The Morgan fingerprint density at radius 2 is 2.16 bits per heavy atom. The van der Waals surface area contributed by atoms with Crippen LogP contribution in [0.3, 0.4) is 0 Å². The molecule has 2 heterocycles. The summed E-state index contributed by atoms with van der Waals surface area (Å²) in [4.78, 5) is 30.8. The van der Waals surface area contributed by atoms with Crippen LogP contribution >= 0.6 is 0 Å². The molecular weight excluding hydrogens is 318 g/mol. The molecule has 0 aliphatic carbocycles. The molecule has 0 unspecified atom stereocenters. The SMILES string of the molecule is CCCCNC(=O)[C@@H]1CC[C@@H](C)N(C(=O)N[C@H](C)Cn2ccnc2)C1. The molecule has 2 rings (SSSR count). The summed E-state index contributed by atoms with van der Waals surface area (Å²) in [5.41, 5.74) is 0. The third-order valence-electron chi connectivity index (χ3n) is 4.76. The zero-order valence-corrected chi connectivity index (χ0v) is 15.6. The highest BCUT2D eigenvalue weighted by molar-refractivity contribution is 5.81. The molecule has 0 radical (unpaired) electrons. The smallest absolute Gasteiger partial charge is 0.317 e. The molecule has 7 nitrogen and oxygen atoms in total. The van der Waals surface area contributed by atoms with E-state index in [9.17, 15) is 9.59 Å². The maximum atomic E-state index is 12.6. The van der Waals surface area contributed by atoms with Crippen molar-refractivity contribution in [3.8, 4) is 0 Å². The number of nitrogens with zero attached hydrogens (tertiary/aromatic N) is 3. The molecule has 25 heavy (non-hydrogen) atoms. The van der Waals surface area contributed by atoms with Crippen LogP contribution in [0.1, 0.15) is 46.5 Å². The summed E-state index contributed by atoms with van der Waals surface area (Å²) in [6, 6.07) is 0.0546. The molecule has 140 valence electrons. The van der Waals surface area contributed by atoms with Gasteiger partial charge in [0.15, 0.2) is 0 Å². The van der Waals surface area contributed by atoms with Gasteiger partial charge < -0.3 is 20.1 Å². The van der Waals surface area contributed by atoms with Gasteiger partial charge in [0.1, 0.15) is 0 Å². The number of hydrogen-bond acceptors (Lipinski definition) is 3. The van der Waals surface area contributed by atoms with E-state index in [0.717, 1.165) is 32.2 Å². The minimum Gasteiger partial charge on any atom is -0.356 e. The van der Waals surface area contributed by atoms with E-state index in [1.54, 1.807) is 17.4 Å². The van der Waals surface area contributed by atoms with Crippen LogP contribution in [0.4, 0.5) is 4.79 Å². The minimum absolute atomic E-state index is 0.00680. The van der Waals surface area contributed by atoms with E-state index < -0.39 is 0 Å². The highest BCUT2D eigenvalue weighted by atomic mass is 16.2. The first kappa shape index (κ1) is 19.3. The maximum absolute atomic E-state index is 12.6. The number of likely N-dealkylation sites (tertiary alicyclic amines) is 1.